The van der Waals surface area contributed by atoms with Crippen LogP contribution in [0.2, 0.25) is 0 Å². The van der Waals surface area contributed by atoms with E-state index in [2.05, 4.69) is 43.2 Å². The molecule has 13 heteroatoms. The highest BCUT2D eigenvalue weighted by atomic mass is 32.2. The number of nitrogens with one attached hydrogen (secondary N) is 1. The number of hydrogen-bond acceptors (Lipinski definition) is 3. The Morgan fingerprint density at radius 1 is 1.20 bits per heavy atom. The molecular formula is C12H18F6N3O3S+. The van der Waals surface area contributed by atoms with Crippen LogP contribution in [0, 0.1) is 13.8 Å². The lowest BCUT2D eigenvalue weighted by Crippen LogP contribution is -2.46. The third kappa shape index (κ3) is 6.55. The Labute approximate surface area is 140 Å². The van der Waals surface area contributed by atoms with Gasteiger partial charge in [-0.25, -0.2) is 4.72 Å². The molecule has 1 amide bonds. The zero-order chi connectivity index (χ0) is 20.2. The number of alkyl halides is 6. The van der Waals surface area contributed by atoms with Crippen molar-refractivity contribution in [1.82, 2.24) is 9.40 Å². The minimum Gasteiger partial charge on any atom is -0.263 e. The molecule has 25 heavy (non-hydrogen) atoms. The molecule has 0 aliphatic carbocycles. The summed E-state index contributed by atoms with van der Waals surface area (Å²) >= 11 is 0. The number of carbonyl (C=O) groups excluding carboxylic acids is 1. The summed E-state index contributed by atoms with van der Waals surface area (Å²) < 4.78 is 92.4. The van der Waals surface area contributed by atoms with Crippen LogP contribution in [0.5, 0.6) is 0 Å². The van der Waals surface area contributed by atoms with Gasteiger partial charge in [0.15, 0.2) is 7.05 Å². The van der Waals surface area contributed by atoms with E-state index in [1.807, 2.05) is 0 Å². The Kier molecular flexibility index (Phi) is 7.48. The van der Waals surface area contributed by atoms with E-state index in [4.69, 9.17) is 0 Å². The summed E-state index contributed by atoms with van der Waals surface area (Å²) in [6, 6.07) is 2.22. The molecule has 0 aromatic carbocycles. The van der Waals surface area contributed by atoms with E-state index in [9.17, 15) is 39.6 Å². The lowest BCUT2D eigenvalue weighted by Gasteiger charge is -2.10. The number of rotatable bonds is 3. The molecule has 0 aliphatic rings. The molecule has 6 nitrogen and oxygen atoms in total. The molecule has 0 aliphatic heterocycles. The molecule has 1 aromatic heterocycles. The Morgan fingerprint density at radius 3 is 1.96 bits per heavy atom. The average Bonchev–Trinajstić information content (AvgIpc) is 2.64. The first-order chi connectivity index (χ1) is 11.0. The molecule has 0 unspecified atom stereocenters. The summed E-state index contributed by atoms with van der Waals surface area (Å²) in [6.07, 6.45) is -4.50. The van der Waals surface area contributed by atoms with E-state index in [0.29, 0.717) is 0 Å². The van der Waals surface area contributed by atoms with E-state index in [1.165, 1.54) is 17.8 Å². The first-order valence-electron chi connectivity index (χ1n) is 6.77. The van der Waals surface area contributed by atoms with Gasteiger partial charge in [-0.3, -0.25) is 4.79 Å². The van der Waals surface area contributed by atoms with Crippen LogP contribution in [0.4, 0.5) is 26.3 Å². The van der Waals surface area contributed by atoms with E-state index in [0.717, 1.165) is 6.54 Å². The molecule has 1 heterocycles. The minimum atomic E-state index is -6.30. The van der Waals surface area contributed by atoms with Crippen molar-refractivity contribution in [2.24, 2.45) is 7.05 Å². The summed E-state index contributed by atoms with van der Waals surface area (Å²) in [5, 5.41) is 0. The van der Waals surface area contributed by atoms with Gasteiger partial charge in [0.2, 0.25) is 5.69 Å². The molecule has 0 atom stereocenters. The fourth-order valence-corrected chi connectivity index (χ4v) is 2.15. The van der Waals surface area contributed by atoms with E-state index in [-0.39, 0.29) is 4.72 Å². The molecule has 0 radical (unpaired) electrons. The second kappa shape index (κ2) is 8.06. The quantitative estimate of drug-likeness (QED) is 0.624. The van der Waals surface area contributed by atoms with Crippen LogP contribution in [-0.4, -0.2) is 30.7 Å². The zero-order valence-corrected chi connectivity index (χ0v) is 14.6. The highest BCUT2D eigenvalue weighted by Crippen LogP contribution is 2.23. The first kappa shape index (κ1) is 23.2. The fraction of sp³-hybridized carbons (Fsp3) is 0.667. The van der Waals surface area contributed by atoms with Gasteiger partial charge >= 0.3 is 27.6 Å². The van der Waals surface area contributed by atoms with Crippen LogP contribution in [0.1, 0.15) is 24.7 Å². The van der Waals surface area contributed by atoms with E-state index in [1.54, 1.807) is 0 Å². The Morgan fingerprint density at radius 2 is 1.68 bits per heavy atom. The first-order valence-corrected chi connectivity index (χ1v) is 8.26. The molecule has 0 saturated carbocycles. The molecule has 0 spiro atoms. The minimum absolute atomic E-state index is 0.181. The number of sulfonamides is 1. The number of amides is 1. The van der Waals surface area contributed by atoms with Gasteiger partial charge in [0.25, 0.3) is 0 Å². The van der Waals surface area contributed by atoms with Gasteiger partial charge in [-0.05, 0) is 13.3 Å². The average molecular weight is 398 g/mol. The Bertz CT molecular complexity index is 707. The maximum atomic E-state index is 11.4. The number of carbonyl (C=O) groups is 1. The van der Waals surface area contributed by atoms with Crippen LogP contribution in [0.3, 0.4) is 0 Å². The number of halogens is 6. The highest BCUT2D eigenvalue weighted by molar-refractivity contribution is 7.90. The standard InChI is InChI=1S/C9H17N2.C3HF6NO3S/c1-5-6-11-9(3)7-8(2)10(11)4;4-2(5,6)1(11)10-14(12,13)3(7,8)9/h7H,5-6H2,1-4H3;(H,10,11)/q+1;. The second-order valence-electron chi connectivity index (χ2n) is 4.95. The van der Waals surface area contributed by atoms with E-state index >= 15 is 0 Å². The Hall–Kier alpha value is -1.79. The lowest BCUT2D eigenvalue weighted by atomic mass is 10.4. The van der Waals surface area contributed by atoms with Crippen molar-refractivity contribution < 1.29 is 44.2 Å². The second-order valence-corrected chi connectivity index (χ2v) is 6.63. The maximum Gasteiger partial charge on any atom is 0.516 e. The Balaban J connectivity index is 0.000000472. The molecule has 0 fully saturated rings. The summed E-state index contributed by atoms with van der Waals surface area (Å²) in [4.78, 5) is 9.81. The SMILES string of the molecule is CCCn1c(C)cc(C)[n+]1C.O=C(NS(=O)(=O)C(F)(F)F)C(F)(F)F. The molecule has 1 aromatic rings. The topological polar surface area (TPSA) is 72.0 Å². The monoisotopic (exact) mass is 398 g/mol. The van der Waals surface area contributed by atoms with Gasteiger partial charge in [0.1, 0.15) is 0 Å². The molecule has 146 valence electrons. The number of hydrogen-bond donors (Lipinski definition) is 1. The van der Waals surface area contributed by atoms with Gasteiger partial charge in [-0.15, -0.1) is 4.68 Å². The number of nitrogens with zero attached hydrogens (tertiary/aromatic N) is 2. The van der Waals surface area contributed by atoms with Crippen molar-refractivity contribution in [1.29, 1.82) is 0 Å². The summed E-state index contributed by atoms with van der Waals surface area (Å²) in [7, 11) is -4.19. The van der Waals surface area contributed by atoms with Crippen LogP contribution < -0.4 is 9.40 Å². The van der Waals surface area contributed by atoms with Crippen LogP contribution in [0.15, 0.2) is 6.07 Å². The predicted molar refractivity (Wildman–Crippen MR) is 74.5 cm³/mol. The fourth-order valence-electron chi connectivity index (χ4n) is 1.67. The van der Waals surface area contributed by atoms with Gasteiger partial charge < -0.3 is 0 Å². The molecule has 0 bridgehead atoms. The van der Waals surface area contributed by atoms with Crippen molar-refractivity contribution in [2.75, 3.05) is 0 Å². The van der Waals surface area contributed by atoms with Gasteiger partial charge in [-0.1, -0.05) is 6.92 Å². The van der Waals surface area contributed by atoms with Gasteiger partial charge in [0.05, 0.1) is 12.2 Å². The molecule has 0 saturated heterocycles. The third-order valence-electron chi connectivity index (χ3n) is 2.92. The van der Waals surface area contributed by atoms with Crippen molar-refractivity contribution in [3.05, 3.63) is 17.5 Å². The lowest BCUT2D eigenvalue weighted by molar-refractivity contribution is -0.759. The largest absolute Gasteiger partial charge is 0.516 e. The van der Waals surface area contributed by atoms with Crippen molar-refractivity contribution in [2.45, 2.75) is 45.4 Å². The summed E-state index contributed by atoms with van der Waals surface area (Å²) in [6.45, 7) is 7.62. The summed E-state index contributed by atoms with van der Waals surface area (Å²) in [5.74, 6) is -3.20. The van der Waals surface area contributed by atoms with Crippen LogP contribution in [-0.2, 0) is 28.4 Å². The van der Waals surface area contributed by atoms with Crippen molar-refractivity contribution in [3.8, 4) is 0 Å². The maximum absolute atomic E-state index is 11.4. The zero-order valence-electron chi connectivity index (χ0n) is 13.8. The van der Waals surface area contributed by atoms with E-state index < -0.39 is 27.6 Å². The van der Waals surface area contributed by atoms with Gasteiger partial charge in [0, 0.05) is 13.0 Å². The third-order valence-corrected chi connectivity index (χ3v) is 3.99. The van der Waals surface area contributed by atoms with Gasteiger partial charge in [-0.2, -0.15) is 39.4 Å². The number of aromatic nitrogens is 2. The van der Waals surface area contributed by atoms with Crippen molar-refractivity contribution >= 4 is 15.9 Å². The molecule has 1 rings (SSSR count). The van der Waals surface area contributed by atoms with Crippen LogP contribution >= 0.6 is 0 Å². The normalized spacial score (nSPS) is 12.4. The number of aryl methyl sites for hydroxylation is 2. The summed E-state index contributed by atoms with van der Waals surface area (Å²) in [5.41, 5.74) is -3.28. The van der Waals surface area contributed by atoms with Crippen molar-refractivity contribution in [3.63, 3.8) is 0 Å². The highest BCUT2D eigenvalue weighted by Gasteiger charge is 2.51. The smallest absolute Gasteiger partial charge is 0.263 e. The molecular weight excluding hydrogens is 380 g/mol. The molecule has 1 N–H and O–H groups in total. The predicted octanol–water partition coefficient (Wildman–Crippen LogP) is 1.85. The van der Waals surface area contributed by atoms with Crippen LogP contribution in [0.25, 0.3) is 0 Å².